The van der Waals surface area contributed by atoms with Crippen molar-refractivity contribution in [3.63, 3.8) is 0 Å². The summed E-state index contributed by atoms with van der Waals surface area (Å²) >= 11 is 0. The van der Waals surface area contributed by atoms with E-state index in [2.05, 4.69) is 0 Å². The zero-order valence-corrected chi connectivity index (χ0v) is 10.9. The summed E-state index contributed by atoms with van der Waals surface area (Å²) in [5.41, 5.74) is 0.616. The SMILES string of the molecule is CN(CC1CCCO1)C(=O)c1ccc2c(c1)OCO2. The van der Waals surface area contributed by atoms with E-state index in [9.17, 15) is 4.79 Å². The summed E-state index contributed by atoms with van der Waals surface area (Å²) < 4.78 is 16.1. The van der Waals surface area contributed by atoms with Crippen molar-refractivity contribution >= 4 is 5.91 Å². The minimum Gasteiger partial charge on any atom is -0.454 e. The van der Waals surface area contributed by atoms with Crippen LogP contribution in [0.15, 0.2) is 18.2 Å². The fourth-order valence-corrected chi connectivity index (χ4v) is 2.43. The summed E-state index contributed by atoms with van der Waals surface area (Å²) in [6, 6.07) is 5.27. The molecule has 1 fully saturated rings. The molecule has 5 heteroatoms. The second-order valence-corrected chi connectivity index (χ2v) is 4.89. The Balaban J connectivity index is 1.68. The second-order valence-electron chi connectivity index (χ2n) is 4.89. The second kappa shape index (κ2) is 5.09. The number of likely N-dealkylation sites (N-methyl/N-ethyl adjacent to an activating group) is 1. The van der Waals surface area contributed by atoms with Crippen molar-refractivity contribution in [2.75, 3.05) is 27.0 Å². The van der Waals surface area contributed by atoms with E-state index in [0.717, 1.165) is 19.4 Å². The maximum absolute atomic E-state index is 12.3. The fourth-order valence-electron chi connectivity index (χ4n) is 2.43. The Bertz CT molecular complexity index is 482. The van der Waals surface area contributed by atoms with Crippen LogP contribution in [0.4, 0.5) is 0 Å². The maximum atomic E-state index is 12.3. The van der Waals surface area contributed by atoms with Crippen LogP contribution in [-0.2, 0) is 4.74 Å². The number of benzene rings is 1. The zero-order valence-electron chi connectivity index (χ0n) is 10.9. The first kappa shape index (κ1) is 12.3. The minimum absolute atomic E-state index is 0.0196. The number of carbonyl (C=O) groups excluding carboxylic acids is 1. The summed E-state index contributed by atoms with van der Waals surface area (Å²) in [5, 5.41) is 0. The third-order valence-electron chi connectivity index (χ3n) is 3.47. The first-order valence-corrected chi connectivity index (χ1v) is 6.51. The summed E-state index contributed by atoms with van der Waals surface area (Å²) in [6.07, 6.45) is 2.28. The maximum Gasteiger partial charge on any atom is 0.253 e. The van der Waals surface area contributed by atoms with Crippen molar-refractivity contribution in [2.24, 2.45) is 0 Å². The number of hydrogen-bond donors (Lipinski definition) is 0. The van der Waals surface area contributed by atoms with Gasteiger partial charge in [0.2, 0.25) is 6.79 Å². The first-order valence-electron chi connectivity index (χ1n) is 6.51. The van der Waals surface area contributed by atoms with Gasteiger partial charge in [-0.25, -0.2) is 0 Å². The molecule has 1 aromatic carbocycles. The highest BCUT2D eigenvalue weighted by Crippen LogP contribution is 2.32. The minimum atomic E-state index is -0.0196. The Morgan fingerprint density at radius 3 is 3.00 bits per heavy atom. The predicted octanol–water partition coefficient (Wildman–Crippen LogP) is 1.67. The topological polar surface area (TPSA) is 48.0 Å². The van der Waals surface area contributed by atoms with Gasteiger partial charge < -0.3 is 19.1 Å². The van der Waals surface area contributed by atoms with Gasteiger partial charge in [0.25, 0.3) is 5.91 Å². The van der Waals surface area contributed by atoms with Crippen molar-refractivity contribution in [1.82, 2.24) is 4.90 Å². The Hall–Kier alpha value is -1.75. The van der Waals surface area contributed by atoms with Crippen LogP contribution in [0.3, 0.4) is 0 Å². The molecule has 0 spiro atoms. The number of ether oxygens (including phenoxy) is 3. The van der Waals surface area contributed by atoms with Gasteiger partial charge in [0.15, 0.2) is 11.5 Å². The average molecular weight is 263 g/mol. The molecule has 0 saturated carbocycles. The van der Waals surface area contributed by atoms with Gasteiger partial charge in [0.05, 0.1) is 6.10 Å². The van der Waals surface area contributed by atoms with E-state index < -0.39 is 0 Å². The molecule has 2 heterocycles. The van der Waals surface area contributed by atoms with Crippen molar-refractivity contribution < 1.29 is 19.0 Å². The Morgan fingerprint density at radius 2 is 2.21 bits per heavy atom. The lowest BCUT2D eigenvalue weighted by Crippen LogP contribution is -2.34. The standard InChI is InChI=1S/C14H17NO4/c1-15(8-11-3-2-6-17-11)14(16)10-4-5-12-13(7-10)19-9-18-12/h4-5,7,11H,2-3,6,8-9H2,1H3. The molecule has 1 atom stereocenters. The van der Waals surface area contributed by atoms with Gasteiger partial charge in [-0.3, -0.25) is 4.79 Å². The van der Waals surface area contributed by atoms with Gasteiger partial charge in [-0.05, 0) is 31.0 Å². The molecule has 1 amide bonds. The highest BCUT2D eigenvalue weighted by atomic mass is 16.7. The van der Waals surface area contributed by atoms with Crippen LogP contribution in [0.5, 0.6) is 11.5 Å². The predicted molar refractivity (Wildman–Crippen MR) is 68.5 cm³/mol. The van der Waals surface area contributed by atoms with Crippen LogP contribution in [0.25, 0.3) is 0 Å². The van der Waals surface area contributed by atoms with Gasteiger partial charge in [0, 0.05) is 25.8 Å². The molecule has 19 heavy (non-hydrogen) atoms. The molecule has 3 rings (SSSR count). The number of hydrogen-bond acceptors (Lipinski definition) is 4. The van der Waals surface area contributed by atoms with Gasteiger partial charge in [-0.2, -0.15) is 0 Å². The van der Waals surface area contributed by atoms with Crippen LogP contribution in [0.1, 0.15) is 23.2 Å². The fraction of sp³-hybridized carbons (Fsp3) is 0.500. The molecule has 0 aromatic heterocycles. The molecule has 1 saturated heterocycles. The van der Waals surface area contributed by atoms with Crippen LogP contribution < -0.4 is 9.47 Å². The van der Waals surface area contributed by atoms with E-state index in [1.54, 1.807) is 30.1 Å². The van der Waals surface area contributed by atoms with Crippen molar-refractivity contribution in [1.29, 1.82) is 0 Å². The van der Waals surface area contributed by atoms with E-state index >= 15 is 0 Å². The molecule has 0 aliphatic carbocycles. The van der Waals surface area contributed by atoms with Crippen LogP contribution in [-0.4, -0.2) is 43.9 Å². The normalized spacial score (nSPS) is 20.6. The van der Waals surface area contributed by atoms with Crippen molar-refractivity contribution in [2.45, 2.75) is 18.9 Å². The molecule has 0 N–H and O–H groups in total. The Morgan fingerprint density at radius 1 is 1.37 bits per heavy atom. The van der Waals surface area contributed by atoms with E-state index in [1.165, 1.54) is 0 Å². The molecular formula is C14H17NO4. The lowest BCUT2D eigenvalue weighted by molar-refractivity contribution is 0.0587. The lowest BCUT2D eigenvalue weighted by Gasteiger charge is -2.20. The number of amides is 1. The average Bonchev–Trinajstić information content (AvgIpc) is 3.07. The molecule has 5 nitrogen and oxygen atoms in total. The Labute approximate surface area is 112 Å². The number of nitrogens with zero attached hydrogens (tertiary/aromatic N) is 1. The summed E-state index contributed by atoms with van der Waals surface area (Å²) in [7, 11) is 1.80. The highest BCUT2D eigenvalue weighted by Gasteiger charge is 2.22. The van der Waals surface area contributed by atoms with Crippen molar-refractivity contribution in [3.05, 3.63) is 23.8 Å². The number of carbonyl (C=O) groups is 1. The molecule has 1 aromatic rings. The number of rotatable bonds is 3. The molecule has 2 aliphatic rings. The largest absolute Gasteiger partial charge is 0.454 e. The van der Waals surface area contributed by atoms with Gasteiger partial charge in [-0.15, -0.1) is 0 Å². The smallest absolute Gasteiger partial charge is 0.253 e. The summed E-state index contributed by atoms with van der Waals surface area (Å²) in [5.74, 6) is 1.31. The first-order chi connectivity index (χ1) is 9.24. The van der Waals surface area contributed by atoms with Gasteiger partial charge in [-0.1, -0.05) is 0 Å². The van der Waals surface area contributed by atoms with Gasteiger partial charge >= 0.3 is 0 Å². The molecular weight excluding hydrogens is 246 g/mol. The third-order valence-corrected chi connectivity index (χ3v) is 3.47. The van der Waals surface area contributed by atoms with E-state index in [1.807, 2.05) is 0 Å². The molecule has 1 unspecified atom stereocenters. The molecule has 0 bridgehead atoms. The lowest BCUT2D eigenvalue weighted by atomic mass is 10.1. The van der Waals surface area contributed by atoms with E-state index in [4.69, 9.17) is 14.2 Å². The van der Waals surface area contributed by atoms with E-state index in [-0.39, 0.29) is 18.8 Å². The van der Waals surface area contributed by atoms with Crippen LogP contribution >= 0.6 is 0 Å². The molecule has 102 valence electrons. The van der Waals surface area contributed by atoms with Crippen molar-refractivity contribution in [3.8, 4) is 11.5 Å². The van der Waals surface area contributed by atoms with Gasteiger partial charge in [0.1, 0.15) is 0 Å². The molecule has 2 aliphatic heterocycles. The monoisotopic (exact) mass is 263 g/mol. The summed E-state index contributed by atoms with van der Waals surface area (Å²) in [6.45, 7) is 1.66. The van der Waals surface area contributed by atoms with Crippen LogP contribution in [0.2, 0.25) is 0 Å². The number of fused-ring (bicyclic) bond motifs is 1. The summed E-state index contributed by atoms with van der Waals surface area (Å²) in [4.78, 5) is 14.0. The Kier molecular flexibility index (Phi) is 3.29. The molecule has 0 radical (unpaired) electrons. The quantitative estimate of drug-likeness (QED) is 0.832. The zero-order chi connectivity index (χ0) is 13.2. The van der Waals surface area contributed by atoms with Crippen LogP contribution in [0, 0.1) is 0 Å². The highest BCUT2D eigenvalue weighted by molar-refractivity contribution is 5.94. The van der Waals surface area contributed by atoms with E-state index in [0.29, 0.717) is 23.6 Å². The third kappa shape index (κ3) is 2.51.